The van der Waals surface area contributed by atoms with Crippen molar-refractivity contribution in [3.05, 3.63) is 57.8 Å². The van der Waals surface area contributed by atoms with Crippen LogP contribution in [0.4, 0.5) is 0 Å². The van der Waals surface area contributed by atoms with E-state index in [1.54, 1.807) is 39.0 Å². The number of aliphatic hydroxyl groups is 1. The number of amides is 1. The van der Waals surface area contributed by atoms with Crippen LogP contribution < -0.4 is 5.32 Å². The summed E-state index contributed by atoms with van der Waals surface area (Å²) in [6.45, 7) is 5.42. The maximum Gasteiger partial charge on any atom is 0.230 e. The lowest BCUT2D eigenvalue weighted by molar-refractivity contribution is -0.126. The minimum absolute atomic E-state index is 0.133. The molecule has 23 heavy (non-hydrogen) atoms. The lowest BCUT2D eigenvalue weighted by atomic mass is 9.83. The van der Waals surface area contributed by atoms with E-state index in [1.807, 2.05) is 23.6 Å². The number of nitriles is 1. The predicted octanol–water partition coefficient (Wildman–Crippen LogP) is 2.92. The molecule has 2 rings (SSSR count). The zero-order valence-corrected chi connectivity index (χ0v) is 14.3. The van der Waals surface area contributed by atoms with Crippen LogP contribution in [0.3, 0.4) is 0 Å². The molecule has 1 atom stereocenters. The highest BCUT2D eigenvalue weighted by molar-refractivity contribution is 7.10. The highest BCUT2D eigenvalue weighted by atomic mass is 32.1. The van der Waals surface area contributed by atoms with Gasteiger partial charge in [-0.1, -0.05) is 18.2 Å². The van der Waals surface area contributed by atoms with Gasteiger partial charge >= 0.3 is 0 Å². The summed E-state index contributed by atoms with van der Waals surface area (Å²) in [5.74, 6) is -0.190. The fraction of sp³-hybridized carbons (Fsp3) is 0.333. The van der Waals surface area contributed by atoms with E-state index in [1.165, 1.54) is 11.3 Å². The topological polar surface area (TPSA) is 73.1 Å². The van der Waals surface area contributed by atoms with E-state index >= 15 is 0 Å². The Morgan fingerprint density at radius 2 is 2.04 bits per heavy atom. The van der Waals surface area contributed by atoms with Crippen molar-refractivity contribution in [1.82, 2.24) is 5.32 Å². The Balaban J connectivity index is 2.11. The van der Waals surface area contributed by atoms with Crippen molar-refractivity contribution in [2.75, 3.05) is 6.54 Å². The molecule has 0 aliphatic rings. The molecule has 0 aliphatic carbocycles. The Morgan fingerprint density at radius 3 is 2.65 bits per heavy atom. The molecule has 0 radical (unpaired) electrons. The van der Waals surface area contributed by atoms with E-state index in [4.69, 9.17) is 5.26 Å². The van der Waals surface area contributed by atoms with Crippen LogP contribution in [0.1, 0.15) is 36.8 Å². The van der Waals surface area contributed by atoms with E-state index in [9.17, 15) is 9.90 Å². The highest BCUT2D eigenvalue weighted by Gasteiger charge is 2.32. The van der Waals surface area contributed by atoms with Crippen LogP contribution in [-0.2, 0) is 15.8 Å². The van der Waals surface area contributed by atoms with E-state index in [2.05, 4.69) is 11.4 Å². The van der Waals surface area contributed by atoms with Crippen molar-refractivity contribution >= 4 is 17.2 Å². The van der Waals surface area contributed by atoms with E-state index < -0.39 is 11.0 Å². The molecule has 5 heteroatoms. The van der Waals surface area contributed by atoms with Gasteiger partial charge in [0, 0.05) is 4.88 Å². The molecular weight excluding hydrogens is 308 g/mol. The molecule has 1 heterocycles. The maximum atomic E-state index is 12.6. The highest BCUT2D eigenvalue weighted by Crippen LogP contribution is 2.27. The van der Waals surface area contributed by atoms with Gasteiger partial charge in [-0.3, -0.25) is 4.79 Å². The minimum atomic E-state index is -1.10. The van der Waals surface area contributed by atoms with Gasteiger partial charge in [0.25, 0.3) is 0 Å². The molecule has 2 N–H and O–H groups in total. The van der Waals surface area contributed by atoms with Crippen molar-refractivity contribution in [2.24, 2.45) is 0 Å². The summed E-state index contributed by atoms with van der Waals surface area (Å²) in [6, 6.07) is 12.8. The first-order valence-electron chi connectivity index (χ1n) is 7.32. The zero-order chi connectivity index (χ0) is 17.1. The van der Waals surface area contributed by atoms with Crippen LogP contribution in [-0.4, -0.2) is 17.6 Å². The number of nitrogens with one attached hydrogen (secondary N) is 1. The monoisotopic (exact) mass is 328 g/mol. The van der Waals surface area contributed by atoms with Gasteiger partial charge in [0.2, 0.25) is 5.91 Å². The third-order valence-corrected chi connectivity index (χ3v) is 5.05. The van der Waals surface area contributed by atoms with Gasteiger partial charge < -0.3 is 10.4 Å². The fourth-order valence-corrected chi connectivity index (χ4v) is 3.04. The molecule has 2 aromatic rings. The Bertz CT molecular complexity index is 728. The minimum Gasteiger partial charge on any atom is -0.383 e. The van der Waals surface area contributed by atoms with Crippen LogP contribution in [0, 0.1) is 11.3 Å². The molecule has 0 aliphatic heterocycles. The van der Waals surface area contributed by atoms with Gasteiger partial charge in [0.15, 0.2) is 0 Å². The summed E-state index contributed by atoms with van der Waals surface area (Å²) >= 11 is 1.45. The number of hydrogen-bond donors (Lipinski definition) is 2. The zero-order valence-electron chi connectivity index (χ0n) is 13.5. The second-order valence-electron chi connectivity index (χ2n) is 6.25. The molecule has 1 aromatic carbocycles. The molecule has 1 aromatic heterocycles. The summed E-state index contributed by atoms with van der Waals surface area (Å²) in [7, 11) is 0. The van der Waals surface area contributed by atoms with Crippen molar-refractivity contribution in [3.63, 3.8) is 0 Å². The van der Waals surface area contributed by atoms with Gasteiger partial charge in [0.05, 0.1) is 23.6 Å². The second kappa shape index (κ2) is 6.53. The molecule has 0 fully saturated rings. The third kappa shape index (κ3) is 3.79. The number of thiophene rings is 1. The Morgan fingerprint density at radius 1 is 1.30 bits per heavy atom. The molecule has 0 spiro atoms. The Hall–Kier alpha value is -2.16. The summed E-state index contributed by atoms with van der Waals surface area (Å²) in [5.41, 5.74) is -0.606. The first-order valence-corrected chi connectivity index (χ1v) is 8.20. The molecule has 0 saturated heterocycles. The SMILES string of the molecule is CC(O)(CNC(=O)C(C)(C)c1cccc(C#N)c1)c1cccs1. The molecule has 1 unspecified atom stereocenters. The third-order valence-electron chi connectivity index (χ3n) is 3.93. The smallest absolute Gasteiger partial charge is 0.230 e. The molecular formula is C18H20N2O2S. The second-order valence-corrected chi connectivity index (χ2v) is 7.20. The van der Waals surface area contributed by atoms with Crippen LogP contribution in [0.15, 0.2) is 41.8 Å². The number of carbonyl (C=O) groups is 1. The summed E-state index contributed by atoms with van der Waals surface area (Å²) < 4.78 is 0. The largest absolute Gasteiger partial charge is 0.383 e. The van der Waals surface area contributed by atoms with Crippen LogP contribution in [0.2, 0.25) is 0 Å². The lowest BCUT2D eigenvalue weighted by Gasteiger charge is -2.28. The van der Waals surface area contributed by atoms with Gasteiger partial charge in [0.1, 0.15) is 5.60 Å². The Kier molecular flexibility index (Phi) is 4.88. The average Bonchev–Trinajstić information content (AvgIpc) is 3.08. The van der Waals surface area contributed by atoms with Gasteiger partial charge in [-0.2, -0.15) is 5.26 Å². The van der Waals surface area contributed by atoms with Gasteiger partial charge in [-0.05, 0) is 49.9 Å². The average molecular weight is 328 g/mol. The number of rotatable bonds is 5. The van der Waals surface area contributed by atoms with Crippen LogP contribution in [0.25, 0.3) is 0 Å². The quantitative estimate of drug-likeness (QED) is 0.886. The standard InChI is InChI=1S/C18H20N2O2S/c1-17(2,14-7-4-6-13(10-14)11-19)16(21)20-12-18(3,22)15-8-5-9-23-15/h4-10,22H,12H2,1-3H3,(H,20,21). The van der Waals surface area contributed by atoms with Crippen molar-refractivity contribution < 1.29 is 9.90 Å². The fourth-order valence-electron chi connectivity index (χ4n) is 2.25. The maximum absolute atomic E-state index is 12.6. The van der Waals surface area contributed by atoms with Crippen molar-refractivity contribution in [3.8, 4) is 6.07 Å². The van der Waals surface area contributed by atoms with E-state index in [0.717, 1.165) is 10.4 Å². The number of benzene rings is 1. The normalized spacial score (nSPS) is 13.9. The predicted molar refractivity (Wildman–Crippen MR) is 91.1 cm³/mol. The van der Waals surface area contributed by atoms with Gasteiger partial charge in [-0.25, -0.2) is 0 Å². The van der Waals surface area contributed by atoms with E-state index in [-0.39, 0.29) is 12.5 Å². The molecule has 1 amide bonds. The summed E-state index contributed by atoms with van der Waals surface area (Å²) in [6.07, 6.45) is 0. The molecule has 4 nitrogen and oxygen atoms in total. The van der Waals surface area contributed by atoms with Crippen LogP contribution in [0.5, 0.6) is 0 Å². The first kappa shape index (κ1) is 17.2. The summed E-state index contributed by atoms with van der Waals surface area (Å²) in [5, 5.41) is 24.2. The van der Waals surface area contributed by atoms with E-state index in [0.29, 0.717) is 5.56 Å². The van der Waals surface area contributed by atoms with Crippen molar-refractivity contribution in [1.29, 1.82) is 5.26 Å². The molecule has 0 bridgehead atoms. The number of hydrogen-bond acceptors (Lipinski definition) is 4. The Labute approximate surface area is 140 Å². The van der Waals surface area contributed by atoms with Crippen LogP contribution >= 0.6 is 11.3 Å². The lowest BCUT2D eigenvalue weighted by Crippen LogP contribution is -2.45. The summed E-state index contributed by atoms with van der Waals surface area (Å²) in [4.78, 5) is 13.4. The first-order chi connectivity index (χ1) is 10.8. The van der Waals surface area contributed by atoms with Gasteiger partial charge in [-0.15, -0.1) is 11.3 Å². The number of carbonyl (C=O) groups excluding carboxylic acids is 1. The van der Waals surface area contributed by atoms with Crippen molar-refractivity contribution in [2.45, 2.75) is 31.8 Å². The molecule has 0 saturated carbocycles. The number of nitrogens with zero attached hydrogens (tertiary/aromatic N) is 1. The molecule has 120 valence electrons.